The first-order chi connectivity index (χ1) is 8.10. The number of aliphatic hydroxyl groups is 1. The summed E-state index contributed by atoms with van der Waals surface area (Å²) in [6, 6.07) is 0. The molecule has 4 nitrogen and oxygen atoms in total. The number of hydrogen-bond acceptors (Lipinski definition) is 3. The zero-order valence-corrected chi connectivity index (χ0v) is 12.3. The lowest BCUT2D eigenvalue weighted by molar-refractivity contribution is 0.133. The Labute approximate surface area is 111 Å². The molecule has 0 spiro atoms. The summed E-state index contributed by atoms with van der Waals surface area (Å²) in [7, 11) is 1.68. The molecule has 1 unspecified atom stereocenters. The average molecular weight is 305 g/mol. The standard InChI is InChI=1S/C12H21BrN2O2/c1-4-15-11(12(13)9(2)14-15)8-10(16)6-5-7-17-3/h10,16H,4-8H2,1-3H3. The van der Waals surface area contributed by atoms with E-state index >= 15 is 0 Å². The number of rotatable bonds is 7. The van der Waals surface area contributed by atoms with Gasteiger partial charge in [-0.25, -0.2) is 0 Å². The fourth-order valence-electron chi connectivity index (χ4n) is 1.85. The topological polar surface area (TPSA) is 47.3 Å². The van der Waals surface area contributed by atoms with Crippen molar-refractivity contribution in [1.82, 2.24) is 9.78 Å². The number of aliphatic hydroxyl groups excluding tert-OH is 1. The van der Waals surface area contributed by atoms with Crippen LogP contribution in [0.3, 0.4) is 0 Å². The van der Waals surface area contributed by atoms with Crippen LogP contribution in [0, 0.1) is 6.92 Å². The number of nitrogens with zero attached hydrogens (tertiary/aromatic N) is 2. The zero-order valence-electron chi connectivity index (χ0n) is 10.7. The van der Waals surface area contributed by atoms with E-state index in [0.29, 0.717) is 13.0 Å². The molecule has 0 aromatic carbocycles. The van der Waals surface area contributed by atoms with Gasteiger partial charge in [0.2, 0.25) is 0 Å². The zero-order chi connectivity index (χ0) is 12.8. The second-order valence-corrected chi connectivity index (χ2v) is 4.95. The van der Waals surface area contributed by atoms with E-state index in [1.54, 1.807) is 7.11 Å². The summed E-state index contributed by atoms with van der Waals surface area (Å²) in [6.45, 7) is 5.55. The lowest BCUT2D eigenvalue weighted by atomic mass is 10.1. The molecule has 98 valence electrons. The van der Waals surface area contributed by atoms with Crippen LogP contribution in [0.25, 0.3) is 0 Å². The number of methoxy groups -OCH3 is 1. The third kappa shape index (κ3) is 4.08. The highest BCUT2D eigenvalue weighted by atomic mass is 79.9. The SMILES string of the molecule is CCn1nc(C)c(Br)c1CC(O)CCCOC. The smallest absolute Gasteiger partial charge is 0.0738 e. The fraction of sp³-hybridized carbons (Fsp3) is 0.750. The van der Waals surface area contributed by atoms with E-state index in [4.69, 9.17) is 4.74 Å². The van der Waals surface area contributed by atoms with Gasteiger partial charge < -0.3 is 9.84 Å². The highest BCUT2D eigenvalue weighted by Gasteiger charge is 2.15. The molecule has 0 aliphatic rings. The minimum absolute atomic E-state index is 0.331. The Morgan fingerprint density at radius 2 is 2.24 bits per heavy atom. The van der Waals surface area contributed by atoms with Crippen molar-refractivity contribution in [2.24, 2.45) is 0 Å². The molecule has 1 atom stereocenters. The molecule has 0 bridgehead atoms. The predicted molar refractivity (Wildman–Crippen MR) is 71.2 cm³/mol. The molecule has 0 radical (unpaired) electrons. The fourth-order valence-corrected chi connectivity index (χ4v) is 2.30. The van der Waals surface area contributed by atoms with E-state index in [1.165, 1.54) is 0 Å². The minimum atomic E-state index is -0.331. The van der Waals surface area contributed by atoms with E-state index < -0.39 is 0 Å². The van der Waals surface area contributed by atoms with Gasteiger partial charge in [-0.05, 0) is 42.6 Å². The van der Waals surface area contributed by atoms with E-state index in [-0.39, 0.29) is 6.10 Å². The Hall–Kier alpha value is -0.390. The molecule has 1 N–H and O–H groups in total. The van der Waals surface area contributed by atoms with Crippen molar-refractivity contribution in [2.75, 3.05) is 13.7 Å². The monoisotopic (exact) mass is 304 g/mol. The maximum atomic E-state index is 9.97. The highest BCUT2D eigenvalue weighted by Crippen LogP contribution is 2.23. The van der Waals surface area contributed by atoms with E-state index in [0.717, 1.165) is 35.2 Å². The minimum Gasteiger partial charge on any atom is -0.393 e. The Morgan fingerprint density at radius 3 is 2.82 bits per heavy atom. The van der Waals surface area contributed by atoms with Gasteiger partial charge in [0.1, 0.15) is 0 Å². The van der Waals surface area contributed by atoms with Crippen LogP contribution in [0.5, 0.6) is 0 Å². The maximum Gasteiger partial charge on any atom is 0.0738 e. The van der Waals surface area contributed by atoms with Crippen LogP contribution >= 0.6 is 15.9 Å². The molecule has 17 heavy (non-hydrogen) atoms. The van der Waals surface area contributed by atoms with Crippen molar-refractivity contribution in [2.45, 2.75) is 45.8 Å². The lowest BCUT2D eigenvalue weighted by Crippen LogP contribution is -2.15. The first-order valence-corrected chi connectivity index (χ1v) is 6.78. The lowest BCUT2D eigenvalue weighted by Gasteiger charge is -2.11. The Balaban J connectivity index is 2.60. The summed E-state index contributed by atoms with van der Waals surface area (Å²) < 4.78 is 7.94. The number of hydrogen-bond donors (Lipinski definition) is 1. The van der Waals surface area contributed by atoms with Crippen molar-refractivity contribution >= 4 is 15.9 Å². The van der Waals surface area contributed by atoms with Crippen LogP contribution in [0.4, 0.5) is 0 Å². The molecule has 1 heterocycles. The largest absolute Gasteiger partial charge is 0.393 e. The van der Waals surface area contributed by atoms with Gasteiger partial charge >= 0.3 is 0 Å². The number of halogens is 1. The molecular formula is C12H21BrN2O2. The Kier molecular flexibility index (Phi) is 6.16. The van der Waals surface area contributed by atoms with Crippen LogP contribution in [0.2, 0.25) is 0 Å². The Bertz CT molecular complexity index is 353. The molecule has 0 saturated carbocycles. The molecule has 1 aromatic rings. The summed E-state index contributed by atoms with van der Waals surface area (Å²) in [4.78, 5) is 0. The molecule has 1 aromatic heterocycles. The van der Waals surface area contributed by atoms with E-state index in [2.05, 4.69) is 28.0 Å². The summed E-state index contributed by atoms with van der Waals surface area (Å²) in [6.07, 6.45) is 1.95. The van der Waals surface area contributed by atoms with Gasteiger partial charge in [-0.1, -0.05) is 0 Å². The van der Waals surface area contributed by atoms with Gasteiger partial charge in [0.05, 0.1) is 22.0 Å². The van der Waals surface area contributed by atoms with Gasteiger partial charge in [-0.2, -0.15) is 5.10 Å². The van der Waals surface area contributed by atoms with Gasteiger partial charge in [0.15, 0.2) is 0 Å². The molecule has 0 saturated heterocycles. The van der Waals surface area contributed by atoms with Gasteiger partial charge in [-0.15, -0.1) is 0 Å². The molecular weight excluding hydrogens is 284 g/mol. The molecule has 0 amide bonds. The van der Waals surface area contributed by atoms with Crippen molar-refractivity contribution in [1.29, 1.82) is 0 Å². The van der Waals surface area contributed by atoms with Crippen molar-refractivity contribution in [3.05, 3.63) is 15.9 Å². The van der Waals surface area contributed by atoms with E-state index in [1.807, 2.05) is 11.6 Å². The van der Waals surface area contributed by atoms with Crippen molar-refractivity contribution in [3.8, 4) is 0 Å². The summed E-state index contributed by atoms with van der Waals surface area (Å²) in [5.74, 6) is 0. The van der Waals surface area contributed by atoms with Gasteiger partial charge in [-0.3, -0.25) is 4.68 Å². The molecule has 5 heteroatoms. The molecule has 0 aliphatic heterocycles. The molecule has 1 rings (SSSR count). The quantitative estimate of drug-likeness (QED) is 0.786. The van der Waals surface area contributed by atoms with E-state index in [9.17, 15) is 5.11 Å². The second kappa shape index (κ2) is 7.13. The van der Waals surface area contributed by atoms with Gasteiger partial charge in [0, 0.05) is 26.7 Å². The van der Waals surface area contributed by atoms with Crippen LogP contribution < -0.4 is 0 Å². The van der Waals surface area contributed by atoms with Crippen LogP contribution in [0.15, 0.2) is 4.47 Å². The third-order valence-corrected chi connectivity index (χ3v) is 3.80. The first-order valence-electron chi connectivity index (χ1n) is 5.98. The summed E-state index contributed by atoms with van der Waals surface area (Å²) in [5.41, 5.74) is 2.06. The van der Waals surface area contributed by atoms with Crippen molar-refractivity contribution < 1.29 is 9.84 Å². The van der Waals surface area contributed by atoms with Gasteiger partial charge in [0.25, 0.3) is 0 Å². The third-order valence-electron chi connectivity index (χ3n) is 2.77. The predicted octanol–water partition coefficient (Wildman–Crippen LogP) is 2.30. The maximum absolute atomic E-state index is 9.97. The second-order valence-electron chi connectivity index (χ2n) is 4.15. The van der Waals surface area contributed by atoms with Crippen LogP contribution in [-0.2, 0) is 17.7 Å². The average Bonchev–Trinajstić information content (AvgIpc) is 2.57. The summed E-state index contributed by atoms with van der Waals surface area (Å²) >= 11 is 3.53. The molecule has 0 aliphatic carbocycles. The Morgan fingerprint density at radius 1 is 1.53 bits per heavy atom. The number of aromatic nitrogens is 2. The summed E-state index contributed by atoms with van der Waals surface area (Å²) in [5, 5.41) is 14.4. The highest BCUT2D eigenvalue weighted by molar-refractivity contribution is 9.10. The normalized spacial score (nSPS) is 13.0. The number of ether oxygens (including phenoxy) is 1. The number of aryl methyl sites for hydroxylation is 2. The van der Waals surface area contributed by atoms with Crippen LogP contribution in [-0.4, -0.2) is 34.7 Å². The molecule has 0 fully saturated rings. The van der Waals surface area contributed by atoms with Crippen LogP contribution in [0.1, 0.15) is 31.2 Å². The first kappa shape index (κ1) is 14.7. The van der Waals surface area contributed by atoms with Crippen molar-refractivity contribution in [3.63, 3.8) is 0 Å².